The summed E-state index contributed by atoms with van der Waals surface area (Å²) in [6, 6.07) is 96.3. The molecule has 1 spiro atoms. The monoisotopic (exact) mass is 901 g/mol. The minimum absolute atomic E-state index is 0.474. The van der Waals surface area contributed by atoms with E-state index >= 15 is 0 Å². The smallest absolute Gasteiger partial charge is 0.136 e. The van der Waals surface area contributed by atoms with Gasteiger partial charge in [-0.2, -0.15) is 0 Å². The van der Waals surface area contributed by atoms with Crippen molar-refractivity contribution in [1.82, 2.24) is 0 Å². The van der Waals surface area contributed by atoms with Gasteiger partial charge in [-0.15, -0.1) is 0 Å². The van der Waals surface area contributed by atoms with Crippen LogP contribution in [0.4, 0.5) is 17.1 Å². The molecule has 1 aromatic heterocycles. The lowest BCUT2D eigenvalue weighted by Crippen LogP contribution is -2.26. The van der Waals surface area contributed by atoms with E-state index < -0.39 is 5.41 Å². The van der Waals surface area contributed by atoms with Crippen molar-refractivity contribution in [2.75, 3.05) is 4.90 Å². The van der Waals surface area contributed by atoms with Gasteiger partial charge in [0.1, 0.15) is 11.2 Å². The van der Waals surface area contributed by atoms with Gasteiger partial charge in [0.15, 0.2) is 0 Å². The Balaban J connectivity index is 0.937. The molecule has 71 heavy (non-hydrogen) atoms. The van der Waals surface area contributed by atoms with Gasteiger partial charge in [-0.25, -0.2) is 0 Å². The second-order valence-corrected chi connectivity index (χ2v) is 19.1. The highest BCUT2D eigenvalue weighted by atomic mass is 16.3. The Hall–Kier alpha value is -9.24. The van der Waals surface area contributed by atoms with Crippen LogP contribution in [0.25, 0.3) is 99.1 Å². The molecule has 2 aliphatic rings. The Morgan fingerprint density at radius 1 is 0.282 bits per heavy atom. The summed E-state index contributed by atoms with van der Waals surface area (Å²) in [5.74, 6) is 0. The van der Waals surface area contributed by atoms with Gasteiger partial charge in [0.05, 0.1) is 16.8 Å². The lowest BCUT2D eigenvalue weighted by atomic mass is 9.70. The van der Waals surface area contributed by atoms with E-state index in [1.807, 2.05) is 0 Å². The SMILES string of the molecule is c1cc(-c2ccc(N(c3ccccc3-c3ccc4oc5cc6ccccc6cc5c4c3)c3cccc4c3-c3ccccc3C43c4ccccc4-c4ccccc43)cc2)cc(-c2ccc3ccccc3c2)c1. The molecular formula is C69H43NO. The van der Waals surface area contributed by atoms with Gasteiger partial charge in [-0.3, -0.25) is 0 Å². The van der Waals surface area contributed by atoms with Crippen LogP contribution in [0.1, 0.15) is 22.3 Å². The summed E-state index contributed by atoms with van der Waals surface area (Å²) >= 11 is 0. The van der Waals surface area contributed by atoms with Gasteiger partial charge in [0.2, 0.25) is 0 Å². The summed E-state index contributed by atoms with van der Waals surface area (Å²) in [5.41, 5.74) is 22.0. The van der Waals surface area contributed by atoms with Crippen LogP contribution in [0.3, 0.4) is 0 Å². The summed E-state index contributed by atoms with van der Waals surface area (Å²) in [7, 11) is 0. The fourth-order valence-electron chi connectivity index (χ4n) is 12.3. The molecule has 330 valence electrons. The standard InChI is InChI=1S/C69H43NO/c1-2-16-46-40-51(32-31-44(46)15-1)48-20-13-19-47(39-48)45-33-36-53(37-34-45)70(64-29-12-8-21-54(64)52-35-38-66-58(42-52)59-41-49-17-3-4-18-50(49)43-67(59)71-66)65-30-14-28-63-68(65)57-24-7-11-27-62(57)69(63)60-25-9-5-22-55(60)56-23-6-10-26-61(56)69/h1-43H. The first-order valence-corrected chi connectivity index (χ1v) is 24.6. The second-order valence-electron chi connectivity index (χ2n) is 19.1. The molecule has 0 saturated carbocycles. The largest absolute Gasteiger partial charge is 0.456 e. The van der Waals surface area contributed by atoms with E-state index in [1.165, 1.54) is 82.7 Å². The third-order valence-corrected chi connectivity index (χ3v) is 15.4. The maximum atomic E-state index is 6.53. The Kier molecular flexibility index (Phi) is 8.61. The fraction of sp³-hybridized carbons (Fsp3) is 0.0145. The lowest BCUT2D eigenvalue weighted by Gasteiger charge is -2.32. The Bertz CT molecular complexity index is 4260. The molecule has 0 unspecified atom stereocenters. The van der Waals surface area contributed by atoms with Crippen molar-refractivity contribution in [2.24, 2.45) is 0 Å². The van der Waals surface area contributed by atoms with Crippen molar-refractivity contribution < 1.29 is 4.42 Å². The van der Waals surface area contributed by atoms with Crippen LogP contribution < -0.4 is 4.90 Å². The average Bonchev–Trinajstić information content (AvgIpc) is 4.06. The number of para-hydroxylation sites is 1. The first-order valence-electron chi connectivity index (χ1n) is 24.6. The van der Waals surface area contributed by atoms with Gasteiger partial charge < -0.3 is 9.32 Å². The Morgan fingerprint density at radius 3 is 1.54 bits per heavy atom. The van der Waals surface area contributed by atoms with E-state index in [1.54, 1.807) is 0 Å². The summed E-state index contributed by atoms with van der Waals surface area (Å²) in [6.07, 6.45) is 0. The van der Waals surface area contributed by atoms with Crippen molar-refractivity contribution >= 4 is 60.5 Å². The highest BCUT2D eigenvalue weighted by Gasteiger charge is 2.52. The van der Waals surface area contributed by atoms with Crippen molar-refractivity contribution in [1.29, 1.82) is 0 Å². The molecule has 1 heterocycles. The fourth-order valence-corrected chi connectivity index (χ4v) is 12.3. The van der Waals surface area contributed by atoms with Crippen LogP contribution in [0.15, 0.2) is 265 Å². The number of furan rings is 1. The highest BCUT2D eigenvalue weighted by Crippen LogP contribution is 2.65. The number of hydrogen-bond acceptors (Lipinski definition) is 2. The first kappa shape index (κ1) is 39.7. The quantitative estimate of drug-likeness (QED) is 0.165. The number of fused-ring (bicyclic) bond motifs is 15. The minimum Gasteiger partial charge on any atom is -0.456 e. The Labute approximate surface area is 412 Å². The normalized spacial score (nSPS) is 12.9. The van der Waals surface area contributed by atoms with Crippen molar-refractivity contribution in [3.8, 4) is 55.6 Å². The average molecular weight is 902 g/mol. The van der Waals surface area contributed by atoms with Crippen molar-refractivity contribution in [3.63, 3.8) is 0 Å². The number of benzene rings is 12. The molecule has 2 aliphatic carbocycles. The second kappa shape index (κ2) is 15.4. The molecule has 0 atom stereocenters. The number of hydrogen-bond donors (Lipinski definition) is 0. The Morgan fingerprint density at radius 2 is 0.789 bits per heavy atom. The zero-order valence-corrected chi connectivity index (χ0v) is 38.7. The molecule has 0 amide bonds. The predicted octanol–water partition coefficient (Wildman–Crippen LogP) is 18.7. The molecular weight excluding hydrogens is 859 g/mol. The van der Waals surface area contributed by atoms with E-state index in [0.717, 1.165) is 55.7 Å². The summed E-state index contributed by atoms with van der Waals surface area (Å²) < 4.78 is 6.53. The molecule has 15 rings (SSSR count). The van der Waals surface area contributed by atoms with E-state index in [-0.39, 0.29) is 0 Å². The van der Waals surface area contributed by atoms with Crippen molar-refractivity contribution in [2.45, 2.75) is 5.41 Å². The van der Waals surface area contributed by atoms with E-state index in [0.29, 0.717) is 0 Å². The van der Waals surface area contributed by atoms with Crippen LogP contribution >= 0.6 is 0 Å². The zero-order valence-electron chi connectivity index (χ0n) is 38.7. The number of rotatable bonds is 6. The molecule has 2 heteroatoms. The maximum Gasteiger partial charge on any atom is 0.136 e. The molecule has 0 fully saturated rings. The van der Waals surface area contributed by atoms with E-state index in [2.05, 4.69) is 266 Å². The van der Waals surface area contributed by atoms with E-state index in [9.17, 15) is 0 Å². The summed E-state index contributed by atoms with van der Waals surface area (Å²) in [4.78, 5) is 2.51. The molecule has 12 aromatic carbocycles. The number of anilines is 3. The molecule has 0 N–H and O–H groups in total. The van der Waals surface area contributed by atoms with Crippen LogP contribution in [0, 0.1) is 0 Å². The predicted molar refractivity (Wildman–Crippen MR) is 296 cm³/mol. The first-order chi connectivity index (χ1) is 35.2. The number of nitrogens with zero attached hydrogens (tertiary/aromatic N) is 1. The molecule has 0 bridgehead atoms. The van der Waals surface area contributed by atoms with Crippen molar-refractivity contribution in [3.05, 3.63) is 283 Å². The van der Waals surface area contributed by atoms with Gasteiger partial charge in [-0.05, 0) is 149 Å². The minimum atomic E-state index is -0.474. The third-order valence-electron chi connectivity index (χ3n) is 15.4. The zero-order chi connectivity index (χ0) is 46.6. The highest BCUT2D eigenvalue weighted by molar-refractivity contribution is 6.12. The molecule has 0 radical (unpaired) electrons. The van der Waals surface area contributed by atoms with Gasteiger partial charge >= 0.3 is 0 Å². The molecule has 0 aliphatic heterocycles. The molecule has 2 nitrogen and oxygen atoms in total. The van der Waals surface area contributed by atoms with Crippen LogP contribution in [-0.4, -0.2) is 0 Å². The molecule has 0 saturated heterocycles. The van der Waals surface area contributed by atoms with Gasteiger partial charge in [0, 0.05) is 27.6 Å². The molecule has 13 aromatic rings. The van der Waals surface area contributed by atoms with Crippen LogP contribution in [0.5, 0.6) is 0 Å². The van der Waals surface area contributed by atoms with E-state index in [4.69, 9.17) is 4.42 Å². The third kappa shape index (κ3) is 5.89. The maximum absolute atomic E-state index is 6.53. The van der Waals surface area contributed by atoms with Crippen LogP contribution in [0.2, 0.25) is 0 Å². The van der Waals surface area contributed by atoms with Crippen LogP contribution in [-0.2, 0) is 5.41 Å². The topological polar surface area (TPSA) is 16.4 Å². The van der Waals surface area contributed by atoms with Gasteiger partial charge in [0.25, 0.3) is 0 Å². The summed E-state index contributed by atoms with van der Waals surface area (Å²) in [5, 5.41) is 7.09. The summed E-state index contributed by atoms with van der Waals surface area (Å²) in [6.45, 7) is 0. The lowest BCUT2D eigenvalue weighted by molar-refractivity contribution is 0.669. The van der Waals surface area contributed by atoms with Gasteiger partial charge in [-0.1, -0.05) is 200 Å².